The molecule has 0 saturated carbocycles. The lowest BCUT2D eigenvalue weighted by molar-refractivity contribution is -0.711. The van der Waals surface area contributed by atoms with Crippen molar-refractivity contribution in [2.45, 2.75) is 0 Å². The Balaban J connectivity index is 0.000000269. The Morgan fingerprint density at radius 1 is 1.44 bits per heavy atom. The molecule has 1 amide bonds. The quantitative estimate of drug-likeness (QED) is 0.669. The number of hydrogen-bond acceptors (Lipinski definition) is 6. The normalized spacial score (nSPS) is 8.89. The Hall–Kier alpha value is -2.48. The number of primary amides is 1. The first-order valence-electron chi connectivity index (χ1n) is 4.64. The number of para-hydroxylation sites is 1. The van der Waals surface area contributed by atoms with Crippen molar-refractivity contribution in [3.8, 4) is 5.75 Å². The van der Waals surface area contributed by atoms with Crippen molar-refractivity contribution in [3.63, 3.8) is 0 Å². The predicted molar refractivity (Wildman–Crippen MR) is 64.7 cm³/mol. The van der Waals surface area contributed by atoms with Crippen molar-refractivity contribution in [3.05, 3.63) is 57.0 Å². The van der Waals surface area contributed by atoms with Crippen molar-refractivity contribution in [2.24, 2.45) is 5.73 Å². The van der Waals surface area contributed by atoms with Gasteiger partial charge in [-0.3, -0.25) is 14.6 Å². The van der Waals surface area contributed by atoms with Crippen LogP contribution in [0.3, 0.4) is 0 Å². The Bertz CT molecular complexity index is 498. The highest BCUT2D eigenvalue weighted by Crippen LogP contribution is 2.16. The molecule has 94 valence electrons. The van der Waals surface area contributed by atoms with Crippen LogP contribution in [0.25, 0.3) is 0 Å². The fourth-order valence-corrected chi connectivity index (χ4v) is 1.36. The highest BCUT2D eigenvalue weighted by molar-refractivity contribution is 7.07. The fraction of sp³-hybridized carbons (Fsp3) is 0. The Kier molecular flexibility index (Phi) is 5.26. The van der Waals surface area contributed by atoms with E-state index in [1.54, 1.807) is 23.0 Å². The first kappa shape index (κ1) is 13.6. The molecule has 0 aliphatic heterocycles. The molecule has 1 aromatic heterocycles. The van der Waals surface area contributed by atoms with Crippen LogP contribution in [0.15, 0.2) is 41.4 Å². The van der Waals surface area contributed by atoms with E-state index in [0.29, 0.717) is 0 Å². The third kappa shape index (κ3) is 4.58. The van der Waals surface area contributed by atoms with E-state index in [-0.39, 0.29) is 11.3 Å². The second-order valence-electron chi connectivity index (χ2n) is 2.85. The van der Waals surface area contributed by atoms with Gasteiger partial charge in [-0.2, -0.15) is 0 Å². The SMILES string of the molecule is NC(=O)c1ccccc1O[N+](=O)[O-].c1cscn1. The van der Waals surface area contributed by atoms with E-state index in [1.807, 2.05) is 5.38 Å². The molecular formula is C10H9N3O4S. The zero-order valence-corrected chi connectivity index (χ0v) is 9.87. The molecule has 18 heavy (non-hydrogen) atoms. The van der Waals surface area contributed by atoms with Gasteiger partial charge in [0.05, 0.1) is 11.1 Å². The Morgan fingerprint density at radius 3 is 2.61 bits per heavy atom. The summed E-state index contributed by atoms with van der Waals surface area (Å²) in [5, 5.41) is 10.9. The van der Waals surface area contributed by atoms with Gasteiger partial charge in [-0.15, -0.1) is 21.5 Å². The second kappa shape index (κ2) is 6.97. The molecule has 1 aromatic carbocycles. The van der Waals surface area contributed by atoms with Crippen molar-refractivity contribution in [1.29, 1.82) is 0 Å². The monoisotopic (exact) mass is 267 g/mol. The van der Waals surface area contributed by atoms with Crippen LogP contribution in [-0.2, 0) is 0 Å². The number of rotatable bonds is 3. The van der Waals surface area contributed by atoms with E-state index in [9.17, 15) is 14.9 Å². The molecule has 0 unspecified atom stereocenters. The van der Waals surface area contributed by atoms with E-state index in [1.165, 1.54) is 24.3 Å². The third-order valence-corrected chi connectivity index (χ3v) is 2.19. The number of hydrogen-bond donors (Lipinski definition) is 1. The fourth-order valence-electron chi connectivity index (χ4n) is 1.01. The molecule has 8 heteroatoms. The highest BCUT2D eigenvalue weighted by Gasteiger charge is 2.09. The van der Waals surface area contributed by atoms with Crippen LogP contribution < -0.4 is 10.6 Å². The summed E-state index contributed by atoms with van der Waals surface area (Å²) >= 11 is 1.60. The minimum absolute atomic E-state index is 0.0146. The van der Waals surface area contributed by atoms with Gasteiger partial charge in [0.15, 0.2) is 0 Å². The van der Waals surface area contributed by atoms with Crippen LogP contribution in [0.4, 0.5) is 0 Å². The van der Waals surface area contributed by atoms with Crippen LogP contribution in [-0.4, -0.2) is 16.0 Å². The molecule has 0 atom stereocenters. The van der Waals surface area contributed by atoms with Crippen LogP contribution in [0.2, 0.25) is 0 Å². The molecule has 2 N–H and O–H groups in total. The van der Waals surface area contributed by atoms with Gasteiger partial charge in [-0.1, -0.05) is 12.1 Å². The Morgan fingerprint density at radius 2 is 2.17 bits per heavy atom. The first-order chi connectivity index (χ1) is 8.61. The second-order valence-corrected chi connectivity index (χ2v) is 3.61. The smallest absolute Gasteiger partial charge is 0.299 e. The predicted octanol–water partition coefficient (Wildman–Crippen LogP) is 1.50. The van der Waals surface area contributed by atoms with Crippen molar-refractivity contribution in [1.82, 2.24) is 4.98 Å². The minimum Gasteiger partial charge on any atom is -0.366 e. The van der Waals surface area contributed by atoms with E-state index < -0.39 is 11.0 Å². The Labute approximate surface area is 106 Å². The van der Waals surface area contributed by atoms with E-state index >= 15 is 0 Å². The number of aromatic nitrogens is 1. The largest absolute Gasteiger partial charge is 0.366 e. The summed E-state index contributed by atoms with van der Waals surface area (Å²) in [4.78, 5) is 28.6. The summed E-state index contributed by atoms with van der Waals surface area (Å²) in [7, 11) is 0. The third-order valence-electron chi connectivity index (χ3n) is 1.67. The topological polar surface area (TPSA) is 108 Å². The maximum atomic E-state index is 10.7. The van der Waals surface area contributed by atoms with E-state index in [0.717, 1.165) is 0 Å². The zero-order chi connectivity index (χ0) is 13.4. The van der Waals surface area contributed by atoms with Gasteiger partial charge in [-0.25, -0.2) is 0 Å². The molecule has 0 aliphatic carbocycles. The van der Waals surface area contributed by atoms with Gasteiger partial charge in [0.1, 0.15) is 5.75 Å². The van der Waals surface area contributed by atoms with Crippen LogP contribution in [0, 0.1) is 10.1 Å². The molecule has 0 aliphatic rings. The van der Waals surface area contributed by atoms with Gasteiger partial charge in [0, 0.05) is 11.6 Å². The van der Waals surface area contributed by atoms with Crippen LogP contribution in [0.5, 0.6) is 5.75 Å². The van der Waals surface area contributed by atoms with Gasteiger partial charge < -0.3 is 5.73 Å². The maximum Gasteiger partial charge on any atom is 0.299 e. The summed E-state index contributed by atoms with van der Waals surface area (Å²) in [6.07, 6.45) is 1.77. The van der Waals surface area contributed by atoms with Gasteiger partial charge >= 0.3 is 0 Å². The molecular weight excluding hydrogens is 258 g/mol. The zero-order valence-electron chi connectivity index (χ0n) is 9.05. The lowest BCUT2D eigenvalue weighted by atomic mass is 10.2. The van der Waals surface area contributed by atoms with Crippen molar-refractivity contribution >= 4 is 17.2 Å². The van der Waals surface area contributed by atoms with Gasteiger partial charge in [0.25, 0.3) is 11.0 Å². The first-order valence-corrected chi connectivity index (χ1v) is 5.59. The van der Waals surface area contributed by atoms with Crippen LogP contribution in [0.1, 0.15) is 10.4 Å². The number of amides is 1. The summed E-state index contributed by atoms with van der Waals surface area (Å²) in [5.74, 6) is -0.919. The maximum absolute atomic E-state index is 10.7. The number of thiazole rings is 1. The van der Waals surface area contributed by atoms with Crippen molar-refractivity contribution < 1.29 is 14.7 Å². The van der Waals surface area contributed by atoms with Crippen molar-refractivity contribution in [2.75, 3.05) is 0 Å². The van der Waals surface area contributed by atoms with E-state index in [2.05, 4.69) is 9.82 Å². The molecule has 0 fully saturated rings. The molecule has 2 aromatic rings. The standard InChI is InChI=1S/C7H6N2O4.C3H3NS/c8-7(10)5-3-1-2-4-6(5)13-9(11)12;1-2-5-3-4-1/h1-4H,(H2,8,10);1-3H. The summed E-state index contributed by atoms with van der Waals surface area (Å²) in [5.41, 5.74) is 6.73. The minimum atomic E-state index is -0.998. The molecule has 0 spiro atoms. The van der Waals surface area contributed by atoms with Crippen LogP contribution >= 0.6 is 11.3 Å². The molecule has 0 bridgehead atoms. The lowest BCUT2D eigenvalue weighted by Gasteiger charge is -2.02. The molecule has 0 radical (unpaired) electrons. The summed E-state index contributed by atoms with van der Waals surface area (Å²) in [6, 6.07) is 5.68. The summed E-state index contributed by atoms with van der Waals surface area (Å²) < 4.78 is 0. The van der Waals surface area contributed by atoms with E-state index in [4.69, 9.17) is 5.73 Å². The molecule has 1 heterocycles. The number of nitrogens with two attached hydrogens (primary N) is 1. The number of nitrogens with zero attached hydrogens (tertiary/aromatic N) is 2. The number of benzene rings is 1. The summed E-state index contributed by atoms with van der Waals surface area (Å²) in [6.45, 7) is 0. The van der Waals surface area contributed by atoms with Gasteiger partial charge in [0.2, 0.25) is 0 Å². The molecule has 0 saturated heterocycles. The highest BCUT2D eigenvalue weighted by atomic mass is 32.1. The average Bonchev–Trinajstić information content (AvgIpc) is 2.87. The van der Waals surface area contributed by atoms with Gasteiger partial charge in [-0.05, 0) is 12.1 Å². The number of carbonyl (C=O) groups excluding carboxylic acids is 1. The number of carbonyl (C=O) groups is 1. The lowest BCUT2D eigenvalue weighted by Crippen LogP contribution is -2.14. The molecule has 2 rings (SSSR count). The molecule has 7 nitrogen and oxygen atoms in total. The average molecular weight is 267 g/mol.